The number of carboxylic acid groups (broad SMARTS) is 1. The molecule has 0 saturated carbocycles. The van der Waals surface area contributed by atoms with Crippen LogP contribution in [0.15, 0.2) is 0 Å². The van der Waals surface area contributed by atoms with Crippen molar-refractivity contribution in [1.82, 2.24) is 9.36 Å². The number of nitrogens with zero attached hydrogens (tertiary/aromatic N) is 3. The first-order valence-electron chi connectivity index (χ1n) is 6.01. The molecule has 1 N–H and O–H groups in total. The van der Waals surface area contributed by atoms with Crippen LogP contribution in [0.3, 0.4) is 0 Å². The molecule has 0 radical (unpaired) electrons. The molecule has 6 heteroatoms. The van der Waals surface area contributed by atoms with Crippen LogP contribution in [0.1, 0.15) is 32.0 Å². The van der Waals surface area contributed by atoms with E-state index in [2.05, 4.69) is 21.2 Å². The number of piperidine rings is 1. The van der Waals surface area contributed by atoms with E-state index < -0.39 is 5.97 Å². The summed E-state index contributed by atoms with van der Waals surface area (Å²) >= 11 is 1.42. The van der Waals surface area contributed by atoms with Gasteiger partial charge in [-0.15, -0.1) is 0 Å². The number of aryl methyl sites for hydroxylation is 1. The zero-order chi connectivity index (χ0) is 12.3. The number of aromatic nitrogens is 2. The largest absolute Gasteiger partial charge is 0.481 e. The molecular formula is C11H17N3O2S. The van der Waals surface area contributed by atoms with Crippen molar-refractivity contribution in [3.8, 4) is 0 Å². The summed E-state index contributed by atoms with van der Waals surface area (Å²) in [7, 11) is 0. The topological polar surface area (TPSA) is 66.3 Å². The molecule has 0 bridgehead atoms. The lowest BCUT2D eigenvalue weighted by atomic mass is 9.98. The molecule has 0 aliphatic carbocycles. The van der Waals surface area contributed by atoms with Crippen molar-refractivity contribution in [3.05, 3.63) is 5.82 Å². The molecule has 17 heavy (non-hydrogen) atoms. The molecule has 1 aromatic heterocycles. The lowest BCUT2D eigenvalue weighted by molar-refractivity contribution is -0.142. The minimum Gasteiger partial charge on any atom is -0.481 e. The van der Waals surface area contributed by atoms with E-state index in [4.69, 9.17) is 5.11 Å². The SMILES string of the molecule is CCCc1nsc(N2CCC(C(=O)O)CC2)n1. The van der Waals surface area contributed by atoms with Crippen molar-refractivity contribution >= 4 is 22.6 Å². The molecule has 1 fully saturated rings. The number of anilines is 1. The van der Waals surface area contributed by atoms with Gasteiger partial charge in [-0.2, -0.15) is 4.37 Å². The van der Waals surface area contributed by atoms with E-state index in [1.807, 2.05) is 0 Å². The second-order valence-electron chi connectivity index (χ2n) is 4.34. The predicted octanol–water partition coefficient (Wildman–Crippen LogP) is 1.79. The molecule has 94 valence electrons. The first-order chi connectivity index (χ1) is 8.20. The molecule has 1 aliphatic heterocycles. The second kappa shape index (κ2) is 5.44. The van der Waals surface area contributed by atoms with Crippen LogP contribution in [0.25, 0.3) is 0 Å². The Morgan fingerprint density at radius 3 is 2.82 bits per heavy atom. The van der Waals surface area contributed by atoms with E-state index in [0.717, 1.165) is 36.9 Å². The molecule has 0 aromatic carbocycles. The van der Waals surface area contributed by atoms with E-state index in [1.54, 1.807) is 0 Å². The van der Waals surface area contributed by atoms with Gasteiger partial charge in [0.2, 0.25) is 5.13 Å². The lowest BCUT2D eigenvalue weighted by Crippen LogP contribution is -2.36. The van der Waals surface area contributed by atoms with Crippen molar-refractivity contribution in [1.29, 1.82) is 0 Å². The van der Waals surface area contributed by atoms with Crippen molar-refractivity contribution in [2.75, 3.05) is 18.0 Å². The lowest BCUT2D eigenvalue weighted by Gasteiger charge is -2.29. The van der Waals surface area contributed by atoms with Gasteiger partial charge in [-0.1, -0.05) is 6.92 Å². The fourth-order valence-corrected chi connectivity index (χ4v) is 2.78. The summed E-state index contributed by atoms with van der Waals surface area (Å²) < 4.78 is 4.31. The summed E-state index contributed by atoms with van der Waals surface area (Å²) in [6.45, 7) is 3.66. The quantitative estimate of drug-likeness (QED) is 0.888. The molecule has 2 heterocycles. The Kier molecular flexibility index (Phi) is 3.93. The van der Waals surface area contributed by atoms with E-state index in [1.165, 1.54) is 11.5 Å². The van der Waals surface area contributed by atoms with Crippen LogP contribution in [0, 0.1) is 5.92 Å². The van der Waals surface area contributed by atoms with Gasteiger partial charge in [-0.3, -0.25) is 4.79 Å². The molecule has 2 rings (SSSR count). The molecule has 1 aliphatic rings. The van der Waals surface area contributed by atoms with Gasteiger partial charge in [0.1, 0.15) is 5.82 Å². The predicted molar refractivity (Wildman–Crippen MR) is 66.5 cm³/mol. The maximum atomic E-state index is 10.8. The first kappa shape index (κ1) is 12.3. The van der Waals surface area contributed by atoms with Crippen LogP contribution >= 0.6 is 11.5 Å². The second-order valence-corrected chi connectivity index (χ2v) is 5.07. The molecule has 0 atom stereocenters. The standard InChI is InChI=1S/C11H17N3O2S/c1-2-3-9-12-11(17-13-9)14-6-4-8(5-7-14)10(15)16/h8H,2-7H2,1H3,(H,15,16). The van der Waals surface area contributed by atoms with Gasteiger partial charge in [-0.25, -0.2) is 4.98 Å². The Bertz CT molecular complexity index is 386. The maximum Gasteiger partial charge on any atom is 0.306 e. The third-order valence-electron chi connectivity index (χ3n) is 3.05. The van der Waals surface area contributed by atoms with Gasteiger partial charge in [0.25, 0.3) is 0 Å². The highest BCUT2D eigenvalue weighted by Gasteiger charge is 2.25. The maximum absolute atomic E-state index is 10.8. The van der Waals surface area contributed by atoms with Crippen LogP contribution in [0.5, 0.6) is 0 Å². The van der Waals surface area contributed by atoms with Crippen molar-refractivity contribution in [3.63, 3.8) is 0 Å². The molecular weight excluding hydrogens is 238 g/mol. The van der Waals surface area contributed by atoms with Crippen molar-refractivity contribution in [2.45, 2.75) is 32.6 Å². The van der Waals surface area contributed by atoms with Crippen LogP contribution in [-0.4, -0.2) is 33.5 Å². The Balaban J connectivity index is 1.93. The van der Waals surface area contributed by atoms with Gasteiger partial charge < -0.3 is 10.0 Å². The Morgan fingerprint density at radius 2 is 2.24 bits per heavy atom. The Hall–Kier alpha value is -1.17. The third kappa shape index (κ3) is 2.94. The van der Waals surface area contributed by atoms with Crippen LogP contribution < -0.4 is 4.90 Å². The molecule has 0 amide bonds. The van der Waals surface area contributed by atoms with Gasteiger partial charge >= 0.3 is 5.97 Å². The van der Waals surface area contributed by atoms with E-state index >= 15 is 0 Å². The Labute approximate surface area is 105 Å². The van der Waals surface area contributed by atoms with Crippen molar-refractivity contribution < 1.29 is 9.90 Å². The average Bonchev–Trinajstić information content (AvgIpc) is 2.78. The highest BCUT2D eigenvalue weighted by Crippen LogP contribution is 2.25. The Morgan fingerprint density at radius 1 is 1.53 bits per heavy atom. The molecule has 5 nitrogen and oxygen atoms in total. The summed E-state index contributed by atoms with van der Waals surface area (Å²) in [4.78, 5) is 17.5. The average molecular weight is 255 g/mol. The van der Waals surface area contributed by atoms with E-state index in [0.29, 0.717) is 12.8 Å². The number of rotatable bonds is 4. The number of hydrogen-bond acceptors (Lipinski definition) is 5. The molecule has 0 spiro atoms. The van der Waals surface area contributed by atoms with Crippen LogP contribution in [0.2, 0.25) is 0 Å². The minimum atomic E-state index is -0.673. The summed E-state index contributed by atoms with van der Waals surface area (Å²) in [5, 5.41) is 9.87. The summed E-state index contributed by atoms with van der Waals surface area (Å²) in [6, 6.07) is 0. The van der Waals surface area contributed by atoms with Crippen molar-refractivity contribution in [2.24, 2.45) is 5.92 Å². The van der Waals surface area contributed by atoms with Gasteiger partial charge in [0.05, 0.1) is 5.92 Å². The van der Waals surface area contributed by atoms with Gasteiger partial charge in [0.15, 0.2) is 0 Å². The number of aliphatic carboxylic acids is 1. The normalized spacial score (nSPS) is 17.4. The summed E-state index contributed by atoms with van der Waals surface area (Å²) in [5.41, 5.74) is 0. The smallest absolute Gasteiger partial charge is 0.306 e. The van der Waals surface area contributed by atoms with E-state index in [9.17, 15) is 4.79 Å². The fourth-order valence-electron chi connectivity index (χ4n) is 2.02. The summed E-state index contributed by atoms with van der Waals surface area (Å²) in [5.74, 6) is 0.0516. The summed E-state index contributed by atoms with van der Waals surface area (Å²) in [6.07, 6.45) is 3.38. The zero-order valence-corrected chi connectivity index (χ0v) is 10.7. The molecule has 1 aromatic rings. The van der Waals surface area contributed by atoms with Gasteiger partial charge in [0, 0.05) is 31.0 Å². The highest BCUT2D eigenvalue weighted by molar-refractivity contribution is 7.09. The number of carbonyl (C=O) groups is 1. The highest BCUT2D eigenvalue weighted by atomic mass is 32.1. The molecule has 0 unspecified atom stereocenters. The van der Waals surface area contributed by atoms with Crippen LogP contribution in [0.4, 0.5) is 5.13 Å². The fraction of sp³-hybridized carbons (Fsp3) is 0.727. The zero-order valence-electron chi connectivity index (χ0n) is 9.93. The first-order valence-corrected chi connectivity index (χ1v) is 6.78. The third-order valence-corrected chi connectivity index (χ3v) is 3.86. The van der Waals surface area contributed by atoms with Gasteiger partial charge in [-0.05, 0) is 19.3 Å². The van der Waals surface area contributed by atoms with E-state index in [-0.39, 0.29) is 5.92 Å². The molecule has 1 saturated heterocycles. The monoisotopic (exact) mass is 255 g/mol. The number of hydrogen-bond donors (Lipinski definition) is 1. The minimum absolute atomic E-state index is 0.186. The van der Waals surface area contributed by atoms with Crippen LogP contribution in [-0.2, 0) is 11.2 Å². The number of carboxylic acids is 1.